The zero-order valence-corrected chi connectivity index (χ0v) is 12.6. The van der Waals surface area contributed by atoms with Gasteiger partial charge in [-0.1, -0.05) is 0 Å². The van der Waals surface area contributed by atoms with Crippen LogP contribution in [0.4, 0.5) is 0 Å². The molecule has 3 atom stereocenters. The van der Waals surface area contributed by atoms with Crippen molar-refractivity contribution < 1.29 is 9.53 Å². The molecule has 2 saturated heterocycles. The molecule has 4 nitrogen and oxygen atoms in total. The average Bonchev–Trinajstić information content (AvgIpc) is 2.40. The highest BCUT2D eigenvalue weighted by Crippen LogP contribution is 2.17. The molecular weight excluding hydrogens is 264 g/mol. The first kappa shape index (κ1) is 16.7. The van der Waals surface area contributed by atoms with E-state index in [0.717, 1.165) is 38.8 Å². The first-order valence-electron chi connectivity index (χ1n) is 7.40. The molecule has 2 aliphatic heterocycles. The van der Waals surface area contributed by atoms with E-state index in [-0.39, 0.29) is 18.3 Å². The van der Waals surface area contributed by atoms with Gasteiger partial charge in [0.1, 0.15) is 0 Å². The molecule has 5 heteroatoms. The van der Waals surface area contributed by atoms with Crippen LogP contribution >= 0.6 is 12.4 Å². The summed E-state index contributed by atoms with van der Waals surface area (Å²) >= 11 is 0. The van der Waals surface area contributed by atoms with Gasteiger partial charge < -0.3 is 15.4 Å². The molecule has 0 aromatic heterocycles. The van der Waals surface area contributed by atoms with Gasteiger partial charge in [0.2, 0.25) is 5.91 Å². The highest BCUT2D eigenvalue weighted by atomic mass is 35.5. The lowest BCUT2D eigenvalue weighted by Crippen LogP contribution is -2.51. The lowest BCUT2D eigenvalue weighted by molar-refractivity contribution is -0.123. The van der Waals surface area contributed by atoms with Crippen LogP contribution in [-0.2, 0) is 9.53 Å². The fourth-order valence-electron chi connectivity index (χ4n) is 2.85. The number of amides is 1. The number of piperidine rings is 1. The van der Waals surface area contributed by atoms with E-state index in [0.29, 0.717) is 24.6 Å². The van der Waals surface area contributed by atoms with E-state index in [1.807, 2.05) is 0 Å². The summed E-state index contributed by atoms with van der Waals surface area (Å²) in [5.41, 5.74) is 0. The van der Waals surface area contributed by atoms with Crippen molar-refractivity contribution in [3.05, 3.63) is 0 Å². The number of ether oxygens (including phenoxy) is 1. The number of hydrogen-bond acceptors (Lipinski definition) is 3. The summed E-state index contributed by atoms with van der Waals surface area (Å²) in [6.07, 6.45) is 7.58. The molecule has 0 bridgehead atoms. The zero-order chi connectivity index (χ0) is 12.8. The van der Waals surface area contributed by atoms with Crippen molar-refractivity contribution in [3.63, 3.8) is 0 Å². The van der Waals surface area contributed by atoms with Gasteiger partial charge in [0.15, 0.2) is 0 Å². The maximum Gasteiger partial charge on any atom is 0.220 e. The summed E-state index contributed by atoms with van der Waals surface area (Å²) in [5, 5.41) is 6.55. The van der Waals surface area contributed by atoms with Crippen molar-refractivity contribution in [1.29, 1.82) is 0 Å². The summed E-state index contributed by atoms with van der Waals surface area (Å²) in [6, 6.07) is 0.701. The van der Waals surface area contributed by atoms with Crippen LogP contribution < -0.4 is 10.6 Å². The first-order valence-corrected chi connectivity index (χ1v) is 7.40. The summed E-state index contributed by atoms with van der Waals surface area (Å²) in [5.74, 6) is 0.185. The third kappa shape index (κ3) is 5.67. The smallest absolute Gasteiger partial charge is 0.220 e. The summed E-state index contributed by atoms with van der Waals surface area (Å²) < 4.78 is 5.65. The van der Waals surface area contributed by atoms with E-state index in [2.05, 4.69) is 17.6 Å². The minimum Gasteiger partial charge on any atom is -0.378 e. The second-order valence-electron chi connectivity index (χ2n) is 5.59. The monoisotopic (exact) mass is 290 g/mol. The second-order valence-corrected chi connectivity index (χ2v) is 5.59. The van der Waals surface area contributed by atoms with Crippen LogP contribution in [0.2, 0.25) is 0 Å². The molecular formula is C14H27ClN2O2. The molecule has 112 valence electrons. The van der Waals surface area contributed by atoms with Gasteiger partial charge in [0, 0.05) is 25.1 Å². The van der Waals surface area contributed by atoms with Crippen molar-refractivity contribution in [2.75, 3.05) is 13.2 Å². The molecule has 19 heavy (non-hydrogen) atoms. The van der Waals surface area contributed by atoms with Gasteiger partial charge >= 0.3 is 0 Å². The quantitative estimate of drug-likeness (QED) is 0.833. The SMILES string of the molecule is CC1NCCCC1NC(=O)CCC1CCCCO1.Cl. The molecule has 0 spiro atoms. The van der Waals surface area contributed by atoms with E-state index in [1.165, 1.54) is 12.8 Å². The third-order valence-corrected chi connectivity index (χ3v) is 4.08. The molecule has 0 aromatic carbocycles. The van der Waals surface area contributed by atoms with E-state index >= 15 is 0 Å². The zero-order valence-electron chi connectivity index (χ0n) is 11.8. The van der Waals surface area contributed by atoms with Crippen LogP contribution in [-0.4, -0.2) is 37.2 Å². The highest BCUT2D eigenvalue weighted by molar-refractivity contribution is 5.85. The third-order valence-electron chi connectivity index (χ3n) is 4.08. The lowest BCUT2D eigenvalue weighted by Gasteiger charge is -2.31. The Bertz CT molecular complexity index is 270. The molecule has 2 N–H and O–H groups in total. The Labute approximate surface area is 122 Å². The normalized spacial score (nSPS) is 31.3. The summed E-state index contributed by atoms with van der Waals surface area (Å²) in [6.45, 7) is 4.09. The number of hydrogen-bond donors (Lipinski definition) is 2. The number of rotatable bonds is 4. The molecule has 2 fully saturated rings. The van der Waals surface area contributed by atoms with Crippen molar-refractivity contribution in [2.24, 2.45) is 0 Å². The van der Waals surface area contributed by atoms with Gasteiger partial charge in [0.05, 0.1) is 6.10 Å². The Morgan fingerprint density at radius 1 is 1.32 bits per heavy atom. The Balaban J connectivity index is 0.00000180. The van der Waals surface area contributed by atoms with Crippen molar-refractivity contribution in [2.45, 2.75) is 70.1 Å². The second kappa shape index (κ2) is 8.77. The van der Waals surface area contributed by atoms with Crippen molar-refractivity contribution in [1.82, 2.24) is 10.6 Å². The van der Waals surface area contributed by atoms with Gasteiger partial charge in [-0.2, -0.15) is 0 Å². The molecule has 1 amide bonds. The van der Waals surface area contributed by atoms with Crippen LogP contribution in [0.25, 0.3) is 0 Å². The number of carbonyl (C=O) groups is 1. The van der Waals surface area contributed by atoms with E-state index in [4.69, 9.17) is 4.74 Å². The van der Waals surface area contributed by atoms with Crippen LogP contribution in [0.1, 0.15) is 51.9 Å². The molecule has 0 aliphatic carbocycles. The maximum absolute atomic E-state index is 11.9. The lowest BCUT2D eigenvalue weighted by atomic mass is 9.99. The molecule has 0 saturated carbocycles. The minimum atomic E-state index is 0. The Morgan fingerprint density at radius 2 is 2.16 bits per heavy atom. The first-order chi connectivity index (χ1) is 8.75. The van der Waals surface area contributed by atoms with Gasteiger partial charge in [-0.15, -0.1) is 12.4 Å². The highest BCUT2D eigenvalue weighted by Gasteiger charge is 2.23. The van der Waals surface area contributed by atoms with Crippen LogP contribution in [0.3, 0.4) is 0 Å². The van der Waals surface area contributed by atoms with Crippen molar-refractivity contribution in [3.8, 4) is 0 Å². The molecule has 2 rings (SSSR count). The van der Waals surface area contributed by atoms with Crippen LogP contribution in [0.15, 0.2) is 0 Å². The molecule has 3 unspecified atom stereocenters. The molecule has 2 aliphatic rings. The fourth-order valence-corrected chi connectivity index (χ4v) is 2.85. The van der Waals surface area contributed by atoms with Crippen LogP contribution in [0, 0.1) is 0 Å². The van der Waals surface area contributed by atoms with Gasteiger partial charge in [-0.05, 0) is 52.0 Å². The topological polar surface area (TPSA) is 50.4 Å². The van der Waals surface area contributed by atoms with Gasteiger partial charge in [-0.25, -0.2) is 0 Å². The van der Waals surface area contributed by atoms with E-state index < -0.39 is 0 Å². The maximum atomic E-state index is 11.9. The Morgan fingerprint density at radius 3 is 2.84 bits per heavy atom. The average molecular weight is 291 g/mol. The van der Waals surface area contributed by atoms with Gasteiger partial charge in [0.25, 0.3) is 0 Å². The van der Waals surface area contributed by atoms with Crippen LogP contribution in [0.5, 0.6) is 0 Å². The number of nitrogens with one attached hydrogen (secondary N) is 2. The summed E-state index contributed by atoms with van der Waals surface area (Å²) in [4.78, 5) is 11.9. The number of halogens is 1. The predicted octanol–water partition coefficient (Wildman–Crippen LogP) is 2.01. The Kier molecular flexibility index (Phi) is 7.73. The predicted molar refractivity (Wildman–Crippen MR) is 78.7 cm³/mol. The summed E-state index contributed by atoms with van der Waals surface area (Å²) in [7, 11) is 0. The van der Waals surface area contributed by atoms with Crippen molar-refractivity contribution >= 4 is 18.3 Å². The largest absolute Gasteiger partial charge is 0.378 e. The molecule has 0 radical (unpaired) electrons. The fraction of sp³-hybridized carbons (Fsp3) is 0.929. The van der Waals surface area contributed by atoms with E-state index in [9.17, 15) is 4.79 Å². The van der Waals surface area contributed by atoms with E-state index in [1.54, 1.807) is 0 Å². The van der Waals surface area contributed by atoms with Gasteiger partial charge in [-0.3, -0.25) is 4.79 Å². The number of carbonyl (C=O) groups excluding carboxylic acids is 1. The Hall–Kier alpha value is -0.320. The minimum absolute atomic E-state index is 0. The standard InChI is InChI=1S/C14H26N2O2.ClH/c1-11-13(6-4-9-15-11)16-14(17)8-7-12-5-2-3-10-18-12;/h11-13,15H,2-10H2,1H3,(H,16,17);1H. The molecule has 2 heterocycles. The molecule has 0 aromatic rings.